The third-order valence-corrected chi connectivity index (χ3v) is 13.8. The lowest BCUT2D eigenvalue weighted by molar-refractivity contribution is -0.145. The SMILES string of the molecule is CCCCCC(CCCCC)CCOC(=O)CCCCCCCC(CCCCCCCC(=O)OCCC(CCCCC)CCCCC)COCCCCC1CCN(C)CC1. The fourth-order valence-electron chi connectivity index (χ4n) is 9.44. The van der Waals surface area contributed by atoms with Crippen LogP contribution in [0.15, 0.2) is 0 Å². The predicted molar refractivity (Wildman–Crippen MR) is 258 cm³/mol. The van der Waals surface area contributed by atoms with Gasteiger partial charge in [0, 0.05) is 26.1 Å². The van der Waals surface area contributed by atoms with E-state index in [1.54, 1.807) is 0 Å². The molecule has 0 unspecified atom stereocenters. The van der Waals surface area contributed by atoms with Gasteiger partial charge in [-0.2, -0.15) is 0 Å². The first-order chi connectivity index (χ1) is 29.4. The molecule has 0 bridgehead atoms. The Morgan fingerprint density at radius 3 is 1.27 bits per heavy atom. The standard InChI is InChI=1S/C54H105NO5/c1-6-10-20-30-49(31-21-11-7-2)41-46-59-53(56)37-26-18-14-16-24-35-52(48-58-45-29-28-34-51-39-43-55(5)44-40-51)36-25-17-15-19-27-38-54(57)60-47-42-50(32-22-12-8-3)33-23-13-9-4/h49-52H,6-48H2,1-5H3. The van der Waals surface area contributed by atoms with E-state index >= 15 is 0 Å². The number of carbonyl (C=O) groups excluding carboxylic acids is 2. The van der Waals surface area contributed by atoms with Crippen LogP contribution in [0.5, 0.6) is 0 Å². The highest BCUT2D eigenvalue weighted by Gasteiger charge is 2.17. The number of likely N-dealkylation sites (tertiary alicyclic amines) is 1. The van der Waals surface area contributed by atoms with E-state index in [1.165, 1.54) is 199 Å². The normalized spacial score (nSPS) is 13.9. The number of hydrogen-bond donors (Lipinski definition) is 0. The zero-order chi connectivity index (χ0) is 43.6. The Morgan fingerprint density at radius 1 is 0.450 bits per heavy atom. The average molecular weight is 848 g/mol. The Kier molecular flexibility index (Phi) is 40.9. The Bertz CT molecular complexity index is 844. The fraction of sp³-hybridized carbons (Fsp3) is 0.963. The summed E-state index contributed by atoms with van der Waals surface area (Å²) in [5.41, 5.74) is 0. The molecule has 0 saturated carbocycles. The molecule has 60 heavy (non-hydrogen) atoms. The molecule has 0 atom stereocenters. The van der Waals surface area contributed by atoms with Gasteiger partial charge in [0.25, 0.3) is 0 Å². The van der Waals surface area contributed by atoms with E-state index in [4.69, 9.17) is 14.2 Å². The van der Waals surface area contributed by atoms with Crippen LogP contribution in [0.25, 0.3) is 0 Å². The average Bonchev–Trinajstić information content (AvgIpc) is 3.24. The van der Waals surface area contributed by atoms with E-state index < -0.39 is 0 Å². The zero-order valence-corrected chi connectivity index (χ0v) is 41.2. The van der Waals surface area contributed by atoms with Gasteiger partial charge in [0.1, 0.15) is 0 Å². The lowest BCUT2D eigenvalue weighted by Gasteiger charge is -2.28. The number of ether oxygens (including phenoxy) is 3. The van der Waals surface area contributed by atoms with Gasteiger partial charge in [-0.05, 0) is 102 Å². The van der Waals surface area contributed by atoms with E-state index in [0.717, 1.165) is 57.7 Å². The van der Waals surface area contributed by atoms with Crippen molar-refractivity contribution in [2.24, 2.45) is 23.7 Å². The summed E-state index contributed by atoms with van der Waals surface area (Å²) in [6.07, 6.45) is 44.7. The van der Waals surface area contributed by atoms with Crippen molar-refractivity contribution in [1.82, 2.24) is 4.90 Å². The third kappa shape index (κ3) is 36.4. The molecule has 6 heteroatoms. The second-order valence-electron chi connectivity index (χ2n) is 19.5. The molecular weight excluding hydrogens is 743 g/mol. The minimum Gasteiger partial charge on any atom is -0.466 e. The fourth-order valence-corrected chi connectivity index (χ4v) is 9.44. The number of hydrogen-bond acceptors (Lipinski definition) is 6. The van der Waals surface area contributed by atoms with Crippen LogP contribution in [-0.4, -0.2) is 63.4 Å². The molecule has 1 saturated heterocycles. The third-order valence-electron chi connectivity index (χ3n) is 13.8. The van der Waals surface area contributed by atoms with Crippen molar-refractivity contribution in [1.29, 1.82) is 0 Å². The number of carbonyl (C=O) groups is 2. The summed E-state index contributed by atoms with van der Waals surface area (Å²) in [5.74, 6) is 3.01. The van der Waals surface area contributed by atoms with Crippen molar-refractivity contribution in [2.45, 2.75) is 265 Å². The first-order valence-corrected chi connectivity index (χ1v) is 27.0. The van der Waals surface area contributed by atoms with Crippen LogP contribution in [-0.2, 0) is 23.8 Å². The Hall–Kier alpha value is -1.14. The summed E-state index contributed by atoms with van der Waals surface area (Å²) in [4.78, 5) is 27.4. The maximum absolute atomic E-state index is 12.5. The van der Waals surface area contributed by atoms with E-state index in [0.29, 0.717) is 43.8 Å². The van der Waals surface area contributed by atoms with E-state index in [2.05, 4.69) is 39.6 Å². The van der Waals surface area contributed by atoms with Crippen LogP contribution >= 0.6 is 0 Å². The van der Waals surface area contributed by atoms with Gasteiger partial charge in [-0.15, -0.1) is 0 Å². The van der Waals surface area contributed by atoms with Gasteiger partial charge >= 0.3 is 11.9 Å². The van der Waals surface area contributed by atoms with E-state index in [9.17, 15) is 9.59 Å². The number of piperidine rings is 1. The lowest BCUT2D eigenvalue weighted by atomic mass is 9.92. The lowest BCUT2D eigenvalue weighted by Crippen LogP contribution is -2.30. The molecule has 0 aromatic heterocycles. The predicted octanol–water partition coefficient (Wildman–Crippen LogP) is 16.0. The Balaban J connectivity index is 2.30. The van der Waals surface area contributed by atoms with Crippen LogP contribution in [0, 0.1) is 23.7 Å². The minimum absolute atomic E-state index is 0.00837. The Labute approximate surface area is 374 Å². The van der Waals surface area contributed by atoms with Gasteiger partial charge in [-0.25, -0.2) is 0 Å². The maximum Gasteiger partial charge on any atom is 0.305 e. The molecule has 0 aromatic carbocycles. The highest BCUT2D eigenvalue weighted by atomic mass is 16.5. The van der Waals surface area contributed by atoms with Gasteiger partial charge in [0.15, 0.2) is 0 Å². The molecule has 1 fully saturated rings. The summed E-state index contributed by atoms with van der Waals surface area (Å²) in [5, 5.41) is 0. The molecule has 1 aliphatic rings. The van der Waals surface area contributed by atoms with Crippen LogP contribution in [0.3, 0.4) is 0 Å². The molecule has 0 N–H and O–H groups in total. The number of nitrogens with zero attached hydrogens (tertiary/aromatic N) is 1. The molecule has 356 valence electrons. The largest absolute Gasteiger partial charge is 0.466 e. The molecule has 6 nitrogen and oxygen atoms in total. The van der Waals surface area contributed by atoms with Crippen molar-refractivity contribution < 1.29 is 23.8 Å². The number of rotatable bonds is 45. The molecular formula is C54H105NO5. The van der Waals surface area contributed by atoms with E-state index in [-0.39, 0.29) is 11.9 Å². The van der Waals surface area contributed by atoms with E-state index in [1.807, 2.05) is 0 Å². The van der Waals surface area contributed by atoms with Crippen LogP contribution in [0.4, 0.5) is 0 Å². The molecule has 0 aromatic rings. The maximum atomic E-state index is 12.5. The van der Waals surface area contributed by atoms with Crippen LogP contribution in [0.1, 0.15) is 265 Å². The number of esters is 2. The minimum atomic E-state index is 0.00837. The summed E-state index contributed by atoms with van der Waals surface area (Å²) in [7, 11) is 2.25. The first-order valence-electron chi connectivity index (χ1n) is 27.0. The van der Waals surface area contributed by atoms with Crippen molar-refractivity contribution >= 4 is 11.9 Å². The molecule has 0 radical (unpaired) electrons. The summed E-state index contributed by atoms with van der Waals surface area (Å²) >= 11 is 0. The van der Waals surface area contributed by atoms with Crippen molar-refractivity contribution in [2.75, 3.05) is 46.6 Å². The molecule has 1 rings (SSSR count). The van der Waals surface area contributed by atoms with Crippen LogP contribution < -0.4 is 0 Å². The molecule has 0 spiro atoms. The highest BCUT2D eigenvalue weighted by Crippen LogP contribution is 2.25. The summed E-state index contributed by atoms with van der Waals surface area (Å²) in [6.45, 7) is 14.6. The molecule has 1 heterocycles. The van der Waals surface area contributed by atoms with Gasteiger partial charge in [-0.3, -0.25) is 9.59 Å². The van der Waals surface area contributed by atoms with Gasteiger partial charge in [-0.1, -0.05) is 195 Å². The number of unbranched alkanes of at least 4 members (excludes halogenated alkanes) is 17. The quantitative estimate of drug-likeness (QED) is 0.0449. The summed E-state index contributed by atoms with van der Waals surface area (Å²) < 4.78 is 17.7. The zero-order valence-electron chi connectivity index (χ0n) is 41.2. The first kappa shape index (κ1) is 56.9. The van der Waals surface area contributed by atoms with Crippen LogP contribution in [0.2, 0.25) is 0 Å². The van der Waals surface area contributed by atoms with Gasteiger partial charge in [0.05, 0.1) is 13.2 Å². The molecule has 0 aliphatic carbocycles. The topological polar surface area (TPSA) is 65.1 Å². The summed E-state index contributed by atoms with van der Waals surface area (Å²) in [6, 6.07) is 0. The Morgan fingerprint density at radius 2 is 0.833 bits per heavy atom. The van der Waals surface area contributed by atoms with Crippen molar-refractivity contribution in [3.8, 4) is 0 Å². The molecule has 1 aliphatic heterocycles. The van der Waals surface area contributed by atoms with Gasteiger partial charge < -0.3 is 19.1 Å². The monoisotopic (exact) mass is 848 g/mol. The second-order valence-corrected chi connectivity index (χ2v) is 19.5. The smallest absolute Gasteiger partial charge is 0.305 e. The van der Waals surface area contributed by atoms with Gasteiger partial charge in [0.2, 0.25) is 0 Å². The van der Waals surface area contributed by atoms with Crippen molar-refractivity contribution in [3.63, 3.8) is 0 Å². The molecule has 0 amide bonds. The second kappa shape index (κ2) is 43.1. The van der Waals surface area contributed by atoms with Crippen molar-refractivity contribution in [3.05, 3.63) is 0 Å². The highest BCUT2D eigenvalue weighted by molar-refractivity contribution is 5.69.